The van der Waals surface area contributed by atoms with Crippen molar-refractivity contribution in [3.8, 4) is 0 Å². The molecule has 1 fully saturated rings. The number of amides is 1. The number of piperidine rings is 1. The number of carbonyl (C=O) groups is 1. The van der Waals surface area contributed by atoms with Crippen LogP contribution in [0.25, 0.3) is 6.08 Å². The summed E-state index contributed by atoms with van der Waals surface area (Å²) in [6.45, 7) is 2.11. The zero-order chi connectivity index (χ0) is 18.6. The van der Waals surface area contributed by atoms with Gasteiger partial charge in [-0.15, -0.1) is 0 Å². The van der Waals surface area contributed by atoms with Gasteiger partial charge in [-0.3, -0.25) is 9.69 Å². The Hall–Kier alpha value is -2.38. The molecule has 2 aliphatic rings. The maximum absolute atomic E-state index is 12.4. The number of rotatable bonds is 4. The molecule has 2 aromatic rings. The van der Waals surface area contributed by atoms with E-state index in [0.29, 0.717) is 6.73 Å². The summed E-state index contributed by atoms with van der Waals surface area (Å²) in [4.78, 5) is 26.3. The molecule has 0 radical (unpaired) electrons. The molecule has 1 aromatic heterocycles. The third kappa shape index (κ3) is 3.84. The van der Waals surface area contributed by atoms with Gasteiger partial charge in [0.15, 0.2) is 5.82 Å². The lowest BCUT2D eigenvalue weighted by Gasteiger charge is -2.30. The van der Waals surface area contributed by atoms with Crippen molar-refractivity contribution >= 4 is 35.3 Å². The summed E-state index contributed by atoms with van der Waals surface area (Å²) >= 11 is 1.60. The van der Waals surface area contributed by atoms with Gasteiger partial charge in [0.25, 0.3) is 0 Å². The molecule has 0 N–H and O–H groups in total. The largest absolute Gasteiger partial charge is 0.364 e. The Morgan fingerprint density at radius 2 is 2.04 bits per heavy atom. The van der Waals surface area contributed by atoms with E-state index in [4.69, 9.17) is 4.74 Å². The second kappa shape index (κ2) is 8.10. The van der Waals surface area contributed by atoms with Crippen LogP contribution in [-0.4, -0.2) is 47.7 Å². The Labute approximate surface area is 163 Å². The molecule has 1 aromatic carbocycles. The predicted molar refractivity (Wildman–Crippen MR) is 106 cm³/mol. The van der Waals surface area contributed by atoms with Gasteiger partial charge in [0.2, 0.25) is 5.91 Å². The molecule has 27 heavy (non-hydrogen) atoms. The van der Waals surface area contributed by atoms with Crippen molar-refractivity contribution < 1.29 is 9.53 Å². The van der Waals surface area contributed by atoms with E-state index in [1.54, 1.807) is 37.3 Å². The number of carbonyl (C=O) groups excluding carboxylic acids is 1. The van der Waals surface area contributed by atoms with Crippen LogP contribution in [0.15, 0.2) is 46.6 Å². The lowest BCUT2D eigenvalue weighted by atomic mass is 10.1. The maximum atomic E-state index is 12.4. The molecular weight excluding hydrogens is 360 g/mol. The Balaban J connectivity index is 1.58. The van der Waals surface area contributed by atoms with E-state index < -0.39 is 0 Å². The number of anilines is 2. The van der Waals surface area contributed by atoms with Gasteiger partial charge < -0.3 is 9.64 Å². The number of aromatic nitrogens is 2. The summed E-state index contributed by atoms with van der Waals surface area (Å²) in [7, 11) is 1.67. The monoisotopic (exact) mass is 382 g/mol. The van der Waals surface area contributed by atoms with Crippen LogP contribution in [0.1, 0.15) is 24.8 Å². The van der Waals surface area contributed by atoms with Crippen molar-refractivity contribution in [1.82, 2.24) is 14.9 Å². The molecule has 0 spiro atoms. The van der Waals surface area contributed by atoms with E-state index in [9.17, 15) is 4.79 Å². The molecule has 0 unspecified atom stereocenters. The zero-order valence-corrected chi connectivity index (χ0v) is 16.1. The number of hydrogen-bond donors (Lipinski definition) is 0. The van der Waals surface area contributed by atoms with Gasteiger partial charge in [-0.25, -0.2) is 9.97 Å². The van der Waals surface area contributed by atoms with Crippen molar-refractivity contribution in [2.24, 2.45) is 0 Å². The predicted octanol–water partition coefficient (Wildman–Crippen LogP) is 3.71. The minimum Gasteiger partial charge on any atom is -0.364 e. The second-order valence-electron chi connectivity index (χ2n) is 6.58. The van der Waals surface area contributed by atoms with Crippen LogP contribution in [0.5, 0.6) is 0 Å². The van der Waals surface area contributed by atoms with E-state index in [-0.39, 0.29) is 5.91 Å². The number of benzene rings is 1. The number of fused-ring (bicyclic) bond motifs is 2. The molecule has 4 rings (SSSR count). The van der Waals surface area contributed by atoms with Gasteiger partial charge in [-0.05, 0) is 43.0 Å². The number of ether oxygens (including phenoxy) is 1. The Morgan fingerprint density at radius 3 is 2.85 bits per heavy atom. The molecule has 0 aliphatic carbocycles. The highest BCUT2D eigenvalue weighted by molar-refractivity contribution is 7.99. The molecule has 7 heteroatoms. The summed E-state index contributed by atoms with van der Waals surface area (Å²) in [5, 5.41) is 0.866. The molecular formula is C20H22N4O2S. The molecule has 1 saturated heterocycles. The van der Waals surface area contributed by atoms with Gasteiger partial charge in [0, 0.05) is 43.6 Å². The van der Waals surface area contributed by atoms with Crippen LogP contribution in [0.4, 0.5) is 11.5 Å². The first kappa shape index (κ1) is 18.0. The van der Waals surface area contributed by atoms with Crippen LogP contribution in [-0.2, 0) is 9.53 Å². The van der Waals surface area contributed by atoms with Crippen molar-refractivity contribution in [2.45, 2.75) is 29.2 Å². The van der Waals surface area contributed by atoms with Gasteiger partial charge in [0.05, 0.1) is 5.69 Å². The van der Waals surface area contributed by atoms with Crippen LogP contribution in [0, 0.1) is 0 Å². The number of nitrogens with zero attached hydrogens (tertiary/aromatic N) is 4. The summed E-state index contributed by atoms with van der Waals surface area (Å²) in [5.74, 6) is 0.883. The molecule has 0 atom stereocenters. The number of likely N-dealkylation sites (tertiary alicyclic amines) is 1. The minimum absolute atomic E-state index is 0.0896. The van der Waals surface area contributed by atoms with Gasteiger partial charge >= 0.3 is 0 Å². The van der Waals surface area contributed by atoms with Gasteiger partial charge in [0.1, 0.15) is 11.8 Å². The van der Waals surface area contributed by atoms with E-state index in [0.717, 1.165) is 52.9 Å². The number of hydrogen-bond acceptors (Lipinski definition) is 6. The topological polar surface area (TPSA) is 58.6 Å². The highest BCUT2D eigenvalue weighted by Crippen LogP contribution is 2.46. The third-order valence-electron chi connectivity index (χ3n) is 4.73. The molecule has 0 saturated carbocycles. The number of methoxy groups -OCH3 is 1. The van der Waals surface area contributed by atoms with E-state index in [1.807, 2.05) is 21.9 Å². The fraction of sp³-hybridized carbons (Fsp3) is 0.350. The minimum atomic E-state index is 0.0896. The fourth-order valence-electron chi connectivity index (χ4n) is 3.38. The van der Waals surface area contributed by atoms with Crippen molar-refractivity contribution in [2.75, 3.05) is 31.8 Å². The van der Waals surface area contributed by atoms with Crippen molar-refractivity contribution in [3.63, 3.8) is 0 Å². The van der Waals surface area contributed by atoms with Crippen LogP contribution < -0.4 is 4.90 Å². The molecule has 6 nitrogen and oxygen atoms in total. The average molecular weight is 382 g/mol. The quantitative estimate of drug-likeness (QED) is 0.752. The molecule has 1 amide bonds. The van der Waals surface area contributed by atoms with Crippen LogP contribution in [0.2, 0.25) is 0 Å². The summed E-state index contributed by atoms with van der Waals surface area (Å²) in [6, 6.07) is 6.16. The van der Waals surface area contributed by atoms with E-state index in [1.165, 1.54) is 6.42 Å². The zero-order valence-electron chi connectivity index (χ0n) is 15.3. The van der Waals surface area contributed by atoms with E-state index >= 15 is 0 Å². The summed E-state index contributed by atoms with van der Waals surface area (Å²) in [6.07, 6.45) is 10.4. The lowest BCUT2D eigenvalue weighted by molar-refractivity contribution is -0.126. The standard InChI is InChI=1S/C20H22N4O2S/c1-26-14-24-16-13-15(6-8-18(25)23-11-3-2-4-12-23)5-7-17(16)27-20-19(24)21-9-10-22-20/h5-10,13H,2-4,11-12,14H2,1H3/b8-6+. The Kier molecular flexibility index (Phi) is 5.40. The molecule has 140 valence electrons. The fourth-order valence-corrected chi connectivity index (χ4v) is 4.36. The first-order valence-corrected chi connectivity index (χ1v) is 9.94. The van der Waals surface area contributed by atoms with E-state index in [2.05, 4.69) is 22.1 Å². The molecule has 2 aliphatic heterocycles. The highest BCUT2D eigenvalue weighted by Gasteiger charge is 2.25. The first-order valence-electron chi connectivity index (χ1n) is 9.12. The van der Waals surface area contributed by atoms with Crippen molar-refractivity contribution in [1.29, 1.82) is 0 Å². The summed E-state index contributed by atoms with van der Waals surface area (Å²) < 4.78 is 5.38. The van der Waals surface area contributed by atoms with Crippen LogP contribution >= 0.6 is 11.8 Å². The summed E-state index contributed by atoms with van der Waals surface area (Å²) in [5.41, 5.74) is 2.00. The second-order valence-corrected chi connectivity index (χ2v) is 7.61. The Bertz CT molecular complexity index is 865. The normalized spacial score (nSPS) is 16.3. The average Bonchev–Trinajstić information content (AvgIpc) is 2.72. The lowest BCUT2D eigenvalue weighted by Crippen LogP contribution is -2.34. The van der Waals surface area contributed by atoms with Gasteiger partial charge in [-0.2, -0.15) is 0 Å². The maximum Gasteiger partial charge on any atom is 0.246 e. The van der Waals surface area contributed by atoms with Crippen molar-refractivity contribution in [3.05, 3.63) is 42.2 Å². The van der Waals surface area contributed by atoms with Gasteiger partial charge in [-0.1, -0.05) is 17.8 Å². The Morgan fingerprint density at radius 1 is 1.22 bits per heavy atom. The molecule has 3 heterocycles. The highest BCUT2D eigenvalue weighted by atomic mass is 32.2. The smallest absolute Gasteiger partial charge is 0.246 e. The van der Waals surface area contributed by atoms with Crippen LogP contribution in [0.3, 0.4) is 0 Å². The third-order valence-corrected chi connectivity index (χ3v) is 5.77. The first-order chi connectivity index (χ1) is 13.3. The SMILES string of the molecule is COCN1c2cc(/C=C/C(=O)N3CCCCC3)ccc2Sc2nccnc21. The molecule has 0 bridgehead atoms.